The van der Waals surface area contributed by atoms with Crippen LogP contribution < -0.4 is 5.32 Å². The van der Waals surface area contributed by atoms with E-state index in [1.807, 2.05) is 31.2 Å². The number of carbonyl (C=O) groups excluding carboxylic acids is 2. The number of halogens is 1. The number of aryl methyl sites for hydroxylation is 1. The van der Waals surface area contributed by atoms with E-state index < -0.39 is 5.97 Å². The van der Waals surface area contributed by atoms with Crippen LogP contribution in [0.2, 0.25) is 5.15 Å². The van der Waals surface area contributed by atoms with Crippen molar-refractivity contribution in [3.63, 3.8) is 0 Å². The number of carbonyl (C=O) groups is 2. The van der Waals surface area contributed by atoms with Gasteiger partial charge in [0, 0.05) is 17.3 Å². The third-order valence-corrected chi connectivity index (χ3v) is 4.68. The van der Waals surface area contributed by atoms with Crippen molar-refractivity contribution in [1.29, 1.82) is 0 Å². The van der Waals surface area contributed by atoms with Gasteiger partial charge in [-0.1, -0.05) is 29.3 Å². The molecule has 0 spiro atoms. The summed E-state index contributed by atoms with van der Waals surface area (Å²) in [5.74, 6) is -0.658. The average molecular weight is 402 g/mol. The largest absolute Gasteiger partial charge is 0.456 e. The third kappa shape index (κ3) is 5.60. The molecule has 3 aromatic rings. The number of nitrogens with zero attached hydrogens (tertiary/aromatic N) is 2. The molecule has 1 N–H and O–H groups in total. The molecule has 3 rings (SSSR count). The topological polar surface area (TPSA) is 81.2 Å². The molecule has 2 aromatic heterocycles. The number of benzene rings is 1. The highest BCUT2D eigenvalue weighted by Gasteiger charge is 2.12. The highest BCUT2D eigenvalue weighted by Crippen LogP contribution is 2.15. The molecule has 1 amide bonds. The van der Waals surface area contributed by atoms with Gasteiger partial charge in [0.25, 0.3) is 0 Å². The quantitative estimate of drug-likeness (QED) is 0.498. The number of esters is 1. The summed E-state index contributed by atoms with van der Waals surface area (Å²) in [4.78, 5) is 32.2. The van der Waals surface area contributed by atoms with E-state index in [-0.39, 0.29) is 18.9 Å². The zero-order chi connectivity index (χ0) is 19.2. The van der Waals surface area contributed by atoms with Gasteiger partial charge in [-0.05, 0) is 31.2 Å². The lowest BCUT2D eigenvalue weighted by molar-refractivity contribution is -0.115. The van der Waals surface area contributed by atoms with Gasteiger partial charge in [-0.3, -0.25) is 4.79 Å². The van der Waals surface area contributed by atoms with Crippen molar-refractivity contribution in [2.75, 3.05) is 5.32 Å². The Hall–Kier alpha value is -2.77. The van der Waals surface area contributed by atoms with Crippen LogP contribution in [-0.4, -0.2) is 21.8 Å². The minimum atomic E-state index is -0.508. The molecule has 0 aliphatic rings. The number of hydrogen-bond donors (Lipinski definition) is 1. The maximum Gasteiger partial charge on any atom is 0.340 e. The highest BCUT2D eigenvalue weighted by atomic mass is 35.5. The van der Waals surface area contributed by atoms with Crippen molar-refractivity contribution >= 4 is 40.5 Å². The smallest absolute Gasteiger partial charge is 0.340 e. The summed E-state index contributed by atoms with van der Waals surface area (Å²) in [7, 11) is 0. The molecule has 0 radical (unpaired) electrons. The standard InChI is InChI=1S/C19H16ClN3O3S/c1-12-2-5-14(6-3-12)22-17(24)8-18-23-15(11-27-18)10-26-19(25)13-4-7-16(20)21-9-13/h2-7,9,11H,8,10H2,1H3,(H,22,24). The highest BCUT2D eigenvalue weighted by molar-refractivity contribution is 7.09. The zero-order valence-electron chi connectivity index (χ0n) is 14.4. The molecule has 2 heterocycles. The second-order valence-electron chi connectivity index (χ2n) is 5.77. The van der Waals surface area contributed by atoms with Crippen molar-refractivity contribution in [3.05, 3.63) is 75.0 Å². The van der Waals surface area contributed by atoms with E-state index >= 15 is 0 Å². The molecule has 0 saturated carbocycles. The fraction of sp³-hybridized carbons (Fsp3) is 0.158. The lowest BCUT2D eigenvalue weighted by atomic mass is 10.2. The number of hydrogen-bond acceptors (Lipinski definition) is 6. The SMILES string of the molecule is Cc1ccc(NC(=O)Cc2nc(COC(=O)c3ccc(Cl)nc3)cs2)cc1. The predicted octanol–water partition coefficient (Wildman–Crippen LogP) is 4.04. The van der Waals surface area contributed by atoms with Gasteiger partial charge >= 0.3 is 5.97 Å². The van der Waals surface area contributed by atoms with E-state index in [0.29, 0.717) is 21.4 Å². The van der Waals surface area contributed by atoms with Crippen LogP contribution in [-0.2, 0) is 22.6 Å². The van der Waals surface area contributed by atoms with Gasteiger partial charge in [0.05, 0.1) is 17.7 Å². The van der Waals surface area contributed by atoms with Gasteiger partial charge in [0.1, 0.15) is 16.8 Å². The molecule has 138 valence electrons. The summed E-state index contributed by atoms with van der Waals surface area (Å²) in [5.41, 5.74) is 2.77. The van der Waals surface area contributed by atoms with Crippen LogP contribution in [0.1, 0.15) is 26.6 Å². The monoisotopic (exact) mass is 401 g/mol. The van der Waals surface area contributed by atoms with E-state index in [9.17, 15) is 9.59 Å². The molecule has 1 aromatic carbocycles. The Morgan fingerprint density at radius 2 is 1.96 bits per heavy atom. The molecule has 0 unspecified atom stereocenters. The first kappa shape index (κ1) is 19.0. The van der Waals surface area contributed by atoms with Gasteiger partial charge in [0.2, 0.25) is 5.91 Å². The number of thiazole rings is 1. The summed E-state index contributed by atoms with van der Waals surface area (Å²) in [6, 6.07) is 10.6. The minimum Gasteiger partial charge on any atom is -0.456 e. The Kier molecular flexibility index (Phi) is 6.16. The Morgan fingerprint density at radius 3 is 2.67 bits per heavy atom. The molecule has 0 aliphatic carbocycles. The van der Waals surface area contributed by atoms with Crippen LogP contribution >= 0.6 is 22.9 Å². The van der Waals surface area contributed by atoms with Crippen LogP contribution in [0.4, 0.5) is 5.69 Å². The number of ether oxygens (including phenoxy) is 1. The summed E-state index contributed by atoms with van der Waals surface area (Å²) < 4.78 is 5.20. The lowest BCUT2D eigenvalue weighted by Gasteiger charge is -2.04. The Labute approximate surface area is 165 Å². The number of anilines is 1. The number of amides is 1. The number of rotatable bonds is 6. The van der Waals surface area contributed by atoms with Gasteiger partial charge in [-0.15, -0.1) is 11.3 Å². The Morgan fingerprint density at radius 1 is 1.19 bits per heavy atom. The number of nitrogens with one attached hydrogen (secondary N) is 1. The first-order valence-electron chi connectivity index (χ1n) is 8.08. The van der Waals surface area contributed by atoms with Crippen LogP contribution in [0.5, 0.6) is 0 Å². The first-order chi connectivity index (χ1) is 13.0. The number of aromatic nitrogens is 2. The second kappa shape index (κ2) is 8.75. The van der Waals surface area contributed by atoms with Crippen molar-refractivity contribution < 1.29 is 14.3 Å². The van der Waals surface area contributed by atoms with Crippen molar-refractivity contribution in [2.45, 2.75) is 20.0 Å². The third-order valence-electron chi connectivity index (χ3n) is 3.56. The van der Waals surface area contributed by atoms with Crippen LogP contribution in [0, 0.1) is 6.92 Å². The van der Waals surface area contributed by atoms with Crippen molar-refractivity contribution in [1.82, 2.24) is 9.97 Å². The molecular formula is C19H16ClN3O3S. The predicted molar refractivity (Wildman–Crippen MR) is 104 cm³/mol. The Balaban J connectivity index is 1.50. The first-order valence-corrected chi connectivity index (χ1v) is 9.34. The summed E-state index contributed by atoms with van der Waals surface area (Å²) in [5, 5.41) is 5.55. The zero-order valence-corrected chi connectivity index (χ0v) is 16.0. The van der Waals surface area contributed by atoms with Gasteiger partial charge in [-0.2, -0.15) is 0 Å². The molecule has 0 saturated heterocycles. The normalized spacial score (nSPS) is 10.4. The molecule has 0 fully saturated rings. The fourth-order valence-electron chi connectivity index (χ4n) is 2.20. The van der Waals surface area contributed by atoms with Crippen LogP contribution in [0.3, 0.4) is 0 Å². The average Bonchev–Trinajstić information content (AvgIpc) is 3.09. The summed E-state index contributed by atoms with van der Waals surface area (Å²) in [6.07, 6.45) is 1.51. The van der Waals surface area contributed by atoms with E-state index in [0.717, 1.165) is 11.3 Å². The molecular weight excluding hydrogens is 386 g/mol. The maximum atomic E-state index is 12.1. The Bertz CT molecular complexity index is 940. The maximum absolute atomic E-state index is 12.1. The molecule has 0 atom stereocenters. The van der Waals surface area contributed by atoms with Gasteiger partial charge in [-0.25, -0.2) is 14.8 Å². The van der Waals surface area contributed by atoms with E-state index in [2.05, 4.69) is 15.3 Å². The van der Waals surface area contributed by atoms with Crippen LogP contribution in [0.15, 0.2) is 48.0 Å². The van der Waals surface area contributed by atoms with E-state index in [4.69, 9.17) is 16.3 Å². The molecule has 0 bridgehead atoms. The number of pyridine rings is 1. The fourth-order valence-corrected chi connectivity index (χ4v) is 3.08. The van der Waals surface area contributed by atoms with Gasteiger partial charge < -0.3 is 10.1 Å². The van der Waals surface area contributed by atoms with E-state index in [1.165, 1.54) is 23.6 Å². The van der Waals surface area contributed by atoms with Gasteiger partial charge in [0.15, 0.2) is 0 Å². The molecule has 0 aliphatic heterocycles. The molecule has 6 nitrogen and oxygen atoms in total. The molecule has 27 heavy (non-hydrogen) atoms. The minimum absolute atomic E-state index is 0.0253. The lowest BCUT2D eigenvalue weighted by Crippen LogP contribution is -2.14. The summed E-state index contributed by atoms with van der Waals surface area (Å²) >= 11 is 7.03. The van der Waals surface area contributed by atoms with Crippen molar-refractivity contribution in [3.8, 4) is 0 Å². The molecule has 8 heteroatoms. The summed E-state index contributed by atoms with van der Waals surface area (Å²) in [6.45, 7) is 2.01. The van der Waals surface area contributed by atoms with Crippen LogP contribution in [0.25, 0.3) is 0 Å². The second-order valence-corrected chi connectivity index (χ2v) is 7.10. The van der Waals surface area contributed by atoms with E-state index in [1.54, 1.807) is 11.4 Å². The van der Waals surface area contributed by atoms with Crippen molar-refractivity contribution in [2.24, 2.45) is 0 Å².